The molecule has 2 rings (SSSR count). The van der Waals surface area contributed by atoms with E-state index in [2.05, 4.69) is 5.32 Å². The number of likely N-dealkylation sites (N-methyl/N-ethyl adjacent to an activating group) is 1. The highest BCUT2D eigenvalue weighted by atomic mass is 32.2. The van der Waals surface area contributed by atoms with E-state index in [0.717, 1.165) is 12.1 Å². The van der Waals surface area contributed by atoms with Gasteiger partial charge in [0.2, 0.25) is 0 Å². The molecule has 1 aromatic rings. The molecule has 0 spiro atoms. The van der Waals surface area contributed by atoms with E-state index in [1.165, 1.54) is 13.0 Å². The number of benzene rings is 1. The lowest BCUT2D eigenvalue weighted by Gasteiger charge is -2.21. The average molecular weight is 378 g/mol. The average Bonchev–Trinajstić information content (AvgIpc) is 2.74. The second-order valence-electron chi connectivity index (χ2n) is 6.43. The van der Waals surface area contributed by atoms with Crippen LogP contribution in [-0.4, -0.2) is 71.7 Å². The number of nitrogens with zero attached hydrogens (tertiary/aromatic N) is 1. The maximum Gasteiger partial charge on any atom is 0.184 e. The molecule has 9 heteroatoms. The predicted molar refractivity (Wildman–Crippen MR) is 91.1 cm³/mol. The van der Waals surface area contributed by atoms with Crippen LogP contribution in [0.5, 0.6) is 0 Å². The van der Waals surface area contributed by atoms with Crippen LogP contribution in [-0.2, 0) is 19.7 Å². The molecule has 0 radical (unpaired) electrons. The Labute approximate surface area is 142 Å². The van der Waals surface area contributed by atoms with Gasteiger partial charge in [0.05, 0.1) is 21.7 Å². The van der Waals surface area contributed by atoms with Gasteiger partial charge >= 0.3 is 0 Å². The molecule has 1 N–H and O–H groups in total. The van der Waals surface area contributed by atoms with Crippen molar-refractivity contribution >= 4 is 19.7 Å². The summed E-state index contributed by atoms with van der Waals surface area (Å²) in [7, 11) is -3.56. The summed E-state index contributed by atoms with van der Waals surface area (Å²) in [6, 6.07) is 2.77. The van der Waals surface area contributed by atoms with E-state index in [4.69, 9.17) is 0 Å². The van der Waals surface area contributed by atoms with E-state index < -0.39 is 42.5 Å². The van der Waals surface area contributed by atoms with Crippen LogP contribution in [0, 0.1) is 12.7 Å². The van der Waals surface area contributed by atoms with Crippen LogP contribution < -0.4 is 5.32 Å². The van der Waals surface area contributed by atoms with Gasteiger partial charge in [0.25, 0.3) is 0 Å². The summed E-state index contributed by atoms with van der Waals surface area (Å²) in [4.78, 5) is 1.91. The van der Waals surface area contributed by atoms with E-state index in [-0.39, 0.29) is 16.2 Å². The molecule has 1 aliphatic heterocycles. The van der Waals surface area contributed by atoms with Gasteiger partial charge in [0.1, 0.15) is 5.82 Å². The van der Waals surface area contributed by atoms with Crippen LogP contribution >= 0.6 is 0 Å². The fourth-order valence-corrected chi connectivity index (χ4v) is 7.82. The summed E-state index contributed by atoms with van der Waals surface area (Å²) >= 11 is 0. The van der Waals surface area contributed by atoms with Crippen molar-refractivity contribution in [1.82, 2.24) is 10.2 Å². The Morgan fingerprint density at radius 2 is 1.96 bits per heavy atom. The van der Waals surface area contributed by atoms with Gasteiger partial charge in [0, 0.05) is 19.1 Å². The second kappa shape index (κ2) is 7.07. The summed E-state index contributed by atoms with van der Waals surface area (Å²) in [5.74, 6) is -1.14. The molecule has 136 valence electrons. The van der Waals surface area contributed by atoms with Crippen molar-refractivity contribution in [2.24, 2.45) is 0 Å². The molecule has 1 aliphatic rings. The molecule has 1 aromatic carbocycles. The molecular formula is C15H23FN2O4S2. The Balaban J connectivity index is 2.31. The zero-order chi connectivity index (χ0) is 18.1. The third-order valence-electron chi connectivity index (χ3n) is 4.11. The van der Waals surface area contributed by atoms with Crippen molar-refractivity contribution in [3.63, 3.8) is 0 Å². The molecule has 0 aromatic heterocycles. The normalized spacial score (nSPS) is 23.7. The first-order chi connectivity index (χ1) is 11.0. The van der Waals surface area contributed by atoms with Crippen molar-refractivity contribution in [1.29, 1.82) is 0 Å². The molecule has 2 atom stereocenters. The van der Waals surface area contributed by atoms with Crippen LogP contribution in [0.4, 0.5) is 4.39 Å². The first kappa shape index (κ1) is 19.3. The Hall–Kier alpha value is -1.03. The number of hydrogen-bond acceptors (Lipinski definition) is 6. The SMILES string of the molecule is Cc1cc(F)ccc1S(=O)(=O)[C@H]1CS(=O)(=O)C[C@@H]1NCCN(C)C. The van der Waals surface area contributed by atoms with Gasteiger partial charge in [-0.3, -0.25) is 0 Å². The van der Waals surface area contributed by atoms with Gasteiger partial charge in [-0.25, -0.2) is 21.2 Å². The second-order valence-corrected chi connectivity index (χ2v) is 10.7. The van der Waals surface area contributed by atoms with Gasteiger partial charge in [-0.2, -0.15) is 0 Å². The molecule has 24 heavy (non-hydrogen) atoms. The minimum absolute atomic E-state index is 0.00888. The summed E-state index contributed by atoms with van der Waals surface area (Å²) in [5.41, 5.74) is 0.284. The largest absolute Gasteiger partial charge is 0.310 e. The number of halogens is 1. The number of nitrogens with one attached hydrogen (secondary N) is 1. The van der Waals surface area contributed by atoms with E-state index >= 15 is 0 Å². The maximum absolute atomic E-state index is 13.2. The van der Waals surface area contributed by atoms with Gasteiger partial charge in [0.15, 0.2) is 19.7 Å². The summed E-state index contributed by atoms with van der Waals surface area (Å²) in [6.45, 7) is 2.66. The summed E-state index contributed by atoms with van der Waals surface area (Å²) in [6.07, 6.45) is 0. The lowest BCUT2D eigenvalue weighted by molar-refractivity contribution is 0.388. The molecule has 0 unspecified atom stereocenters. The van der Waals surface area contributed by atoms with Crippen molar-refractivity contribution in [2.75, 3.05) is 38.7 Å². The summed E-state index contributed by atoms with van der Waals surface area (Å²) < 4.78 is 63.1. The standard InChI is InChI=1S/C15H23FN2O4S2/c1-11-8-12(16)4-5-14(11)24(21,22)15-10-23(19,20)9-13(15)17-6-7-18(2)3/h4-5,8,13,15,17H,6-7,9-10H2,1-3H3/t13-,15-/m0/s1. The third-order valence-corrected chi connectivity index (χ3v) is 8.42. The Bertz CT molecular complexity index is 807. The molecular weight excluding hydrogens is 355 g/mol. The van der Waals surface area contributed by atoms with Gasteiger partial charge in [-0.15, -0.1) is 0 Å². The Kier molecular flexibility index (Phi) is 5.68. The van der Waals surface area contributed by atoms with Gasteiger partial charge < -0.3 is 10.2 Å². The van der Waals surface area contributed by atoms with Crippen molar-refractivity contribution in [2.45, 2.75) is 23.1 Å². The molecule has 1 saturated heterocycles. The van der Waals surface area contributed by atoms with Crippen molar-refractivity contribution < 1.29 is 21.2 Å². The van der Waals surface area contributed by atoms with Gasteiger partial charge in [-0.05, 0) is 44.8 Å². The smallest absolute Gasteiger partial charge is 0.184 e. The number of rotatable bonds is 6. The molecule has 1 heterocycles. The molecule has 0 amide bonds. The van der Waals surface area contributed by atoms with Crippen LogP contribution in [0.15, 0.2) is 23.1 Å². The fourth-order valence-electron chi connectivity index (χ4n) is 2.88. The molecule has 0 aliphatic carbocycles. The lowest BCUT2D eigenvalue weighted by atomic mass is 10.2. The van der Waals surface area contributed by atoms with E-state index in [9.17, 15) is 21.2 Å². The number of sulfone groups is 2. The maximum atomic E-state index is 13.2. The quantitative estimate of drug-likeness (QED) is 0.714. The Morgan fingerprint density at radius 3 is 2.54 bits per heavy atom. The first-order valence-corrected chi connectivity index (χ1v) is 11.0. The van der Waals surface area contributed by atoms with E-state index in [0.29, 0.717) is 13.1 Å². The number of aryl methyl sites for hydroxylation is 1. The van der Waals surface area contributed by atoms with Crippen molar-refractivity contribution in [3.05, 3.63) is 29.6 Å². The van der Waals surface area contributed by atoms with Crippen LogP contribution in [0.25, 0.3) is 0 Å². The topological polar surface area (TPSA) is 83.5 Å². The van der Waals surface area contributed by atoms with Crippen LogP contribution in [0.2, 0.25) is 0 Å². The number of hydrogen-bond donors (Lipinski definition) is 1. The van der Waals surface area contributed by atoms with Gasteiger partial charge in [-0.1, -0.05) is 0 Å². The zero-order valence-electron chi connectivity index (χ0n) is 14.0. The minimum Gasteiger partial charge on any atom is -0.310 e. The Morgan fingerprint density at radius 1 is 1.29 bits per heavy atom. The molecule has 1 fully saturated rings. The van der Waals surface area contributed by atoms with Crippen LogP contribution in [0.3, 0.4) is 0 Å². The highest BCUT2D eigenvalue weighted by Gasteiger charge is 2.45. The molecule has 0 bridgehead atoms. The van der Waals surface area contributed by atoms with Crippen molar-refractivity contribution in [3.8, 4) is 0 Å². The van der Waals surface area contributed by atoms with Crippen LogP contribution in [0.1, 0.15) is 5.56 Å². The summed E-state index contributed by atoms with van der Waals surface area (Å²) in [5, 5.41) is 1.99. The minimum atomic E-state index is -3.88. The lowest BCUT2D eigenvalue weighted by Crippen LogP contribution is -2.45. The third kappa shape index (κ3) is 4.33. The molecule has 0 saturated carbocycles. The zero-order valence-corrected chi connectivity index (χ0v) is 15.6. The van der Waals surface area contributed by atoms with E-state index in [1.54, 1.807) is 0 Å². The van der Waals surface area contributed by atoms with E-state index in [1.807, 2.05) is 19.0 Å². The monoisotopic (exact) mass is 378 g/mol. The highest BCUT2D eigenvalue weighted by molar-refractivity contribution is 7.96. The highest BCUT2D eigenvalue weighted by Crippen LogP contribution is 2.28. The first-order valence-electron chi connectivity index (χ1n) is 7.61. The molecule has 6 nitrogen and oxygen atoms in total. The fraction of sp³-hybridized carbons (Fsp3) is 0.600. The predicted octanol–water partition coefficient (Wildman–Crippen LogP) is 0.225.